The maximum absolute atomic E-state index is 11.6. The molecule has 1 unspecified atom stereocenters. The summed E-state index contributed by atoms with van der Waals surface area (Å²) >= 11 is 0. The molecule has 0 bridgehead atoms. The van der Waals surface area contributed by atoms with Gasteiger partial charge in [-0.3, -0.25) is 9.69 Å². The largest absolute Gasteiger partial charge is 0.481 e. The van der Waals surface area contributed by atoms with Crippen LogP contribution in [0.4, 0.5) is 0 Å². The maximum Gasteiger partial charge on any atom is 0.310 e. The number of hydrogen-bond donors (Lipinski definition) is 1. The molecule has 0 spiro atoms. The summed E-state index contributed by atoms with van der Waals surface area (Å²) < 4.78 is 5.41. The summed E-state index contributed by atoms with van der Waals surface area (Å²) in [6, 6.07) is 0.574. The van der Waals surface area contributed by atoms with E-state index in [0.29, 0.717) is 12.1 Å². The number of carboxylic acids is 1. The minimum atomic E-state index is -0.595. The van der Waals surface area contributed by atoms with Gasteiger partial charge in [-0.05, 0) is 45.1 Å². The number of methoxy groups -OCH3 is 1. The molecule has 19 heavy (non-hydrogen) atoms. The molecule has 1 aliphatic heterocycles. The summed E-state index contributed by atoms with van der Waals surface area (Å²) in [7, 11) is 1.79. The Bertz CT molecular complexity index is 313. The normalized spacial score (nSPS) is 36.5. The van der Waals surface area contributed by atoms with E-state index in [9.17, 15) is 9.90 Å². The predicted molar refractivity (Wildman–Crippen MR) is 74.2 cm³/mol. The van der Waals surface area contributed by atoms with Crippen molar-refractivity contribution in [2.45, 2.75) is 64.0 Å². The molecular formula is C15H27NO3. The van der Waals surface area contributed by atoms with Gasteiger partial charge < -0.3 is 9.84 Å². The third kappa shape index (κ3) is 3.11. The van der Waals surface area contributed by atoms with Gasteiger partial charge in [0, 0.05) is 19.7 Å². The molecule has 4 nitrogen and oxygen atoms in total. The summed E-state index contributed by atoms with van der Waals surface area (Å²) in [5.74, 6) is -0.595. The van der Waals surface area contributed by atoms with Crippen LogP contribution in [0.15, 0.2) is 0 Å². The molecule has 1 N–H and O–H groups in total. The van der Waals surface area contributed by atoms with Crippen LogP contribution in [0.3, 0.4) is 0 Å². The Balaban J connectivity index is 1.92. The van der Waals surface area contributed by atoms with Gasteiger partial charge in [0.1, 0.15) is 0 Å². The van der Waals surface area contributed by atoms with E-state index in [2.05, 4.69) is 11.8 Å². The molecule has 1 saturated heterocycles. The number of ether oxygens (including phenoxy) is 1. The highest BCUT2D eigenvalue weighted by molar-refractivity contribution is 5.75. The van der Waals surface area contributed by atoms with Crippen molar-refractivity contribution in [3.05, 3.63) is 0 Å². The third-order valence-electron chi connectivity index (χ3n) is 5.06. The number of carboxylic acid groups (broad SMARTS) is 1. The Morgan fingerprint density at radius 3 is 2.58 bits per heavy atom. The van der Waals surface area contributed by atoms with E-state index in [-0.39, 0.29) is 0 Å². The lowest BCUT2D eigenvalue weighted by molar-refractivity contribution is -0.148. The first-order valence-electron chi connectivity index (χ1n) is 7.61. The highest BCUT2D eigenvalue weighted by atomic mass is 16.5. The average molecular weight is 269 g/mol. The molecule has 4 heteroatoms. The highest BCUT2D eigenvalue weighted by Gasteiger charge is 2.45. The first kappa shape index (κ1) is 14.8. The molecule has 1 heterocycles. The van der Waals surface area contributed by atoms with Crippen LogP contribution in [0.2, 0.25) is 0 Å². The molecule has 2 aliphatic rings. The second-order valence-electron chi connectivity index (χ2n) is 6.22. The van der Waals surface area contributed by atoms with Crippen molar-refractivity contribution in [2.24, 2.45) is 5.41 Å². The van der Waals surface area contributed by atoms with E-state index in [1.165, 1.54) is 0 Å². The van der Waals surface area contributed by atoms with Gasteiger partial charge in [0.25, 0.3) is 0 Å². The van der Waals surface area contributed by atoms with Crippen molar-refractivity contribution >= 4 is 5.97 Å². The minimum Gasteiger partial charge on any atom is -0.481 e. The van der Waals surface area contributed by atoms with E-state index in [1.54, 1.807) is 7.11 Å². The lowest BCUT2D eigenvalue weighted by Gasteiger charge is -2.35. The highest BCUT2D eigenvalue weighted by Crippen LogP contribution is 2.38. The van der Waals surface area contributed by atoms with Crippen LogP contribution < -0.4 is 0 Å². The monoisotopic (exact) mass is 269 g/mol. The van der Waals surface area contributed by atoms with Crippen LogP contribution in [0, 0.1) is 5.41 Å². The topological polar surface area (TPSA) is 49.8 Å². The van der Waals surface area contributed by atoms with E-state index < -0.39 is 11.4 Å². The van der Waals surface area contributed by atoms with Gasteiger partial charge in [-0.2, -0.15) is 0 Å². The number of nitrogens with zero attached hydrogens (tertiary/aromatic N) is 1. The zero-order valence-electron chi connectivity index (χ0n) is 12.2. The minimum absolute atomic E-state index is 0.415. The van der Waals surface area contributed by atoms with Crippen LogP contribution in [0.5, 0.6) is 0 Å². The molecule has 1 saturated carbocycles. The van der Waals surface area contributed by atoms with Gasteiger partial charge in [-0.1, -0.05) is 13.3 Å². The zero-order chi connectivity index (χ0) is 13.9. The van der Waals surface area contributed by atoms with E-state index in [1.807, 2.05) is 0 Å². The second-order valence-corrected chi connectivity index (χ2v) is 6.22. The smallest absolute Gasteiger partial charge is 0.310 e. The summed E-state index contributed by atoms with van der Waals surface area (Å²) in [6.07, 6.45) is 7.54. The molecule has 1 atom stereocenters. The standard InChI is InChI=1S/C15H27NO3/c1-3-8-15(14(17)18)9-10-16(11-15)12-4-6-13(19-2)7-5-12/h12-13H,3-11H2,1-2H3,(H,17,18). The molecule has 110 valence electrons. The predicted octanol–water partition coefficient (Wildman–Crippen LogP) is 2.52. The Morgan fingerprint density at radius 1 is 1.37 bits per heavy atom. The second kappa shape index (κ2) is 6.23. The van der Waals surface area contributed by atoms with Gasteiger partial charge in [-0.25, -0.2) is 0 Å². The van der Waals surface area contributed by atoms with Gasteiger partial charge in [-0.15, -0.1) is 0 Å². The molecule has 2 rings (SSSR count). The van der Waals surface area contributed by atoms with Gasteiger partial charge in [0.2, 0.25) is 0 Å². The summed E-state index contributed by atoms with van der Waals surface area (Å²) in [4.78, 5) is 14.0. The van der Waals surface area contributed by atoms with Gasteiger partial charge >= 0.3 is 5.97 Å². The van der Waals surface area contributed by atoms with Crippen LogP contribution in [-0.2, 0) is 9.53 Å². The van der Waals surface area contributed by atoms with E-state index in [4.69, 9.17) is 4.74 Å². The van der Waals surface area contributed by atoms with Gasteiger partial charge in [0.05, 0.1) is 11.5 Å². The number of carbonyl (C=O) groups is 1. The quantitative estimate of drug-likeness (QED) is 0.833. The number of rotatable bonds is 5. The molecule has 0 aromatic heterocycles. The van der Waals surface area contributed by atoms with Crippen molar-refractivity contribution in [1.29, 1.82) is 0 Å². The van der Waals surface area contributed by atoms with Crippen molar-refractivity contribution in [2.75, 3.05) is 20.2 Å². The molecule has 0 radical (unpaired) electrons. The Labute approximate surface area is 116 Å². The summed E-state index contributed by atoms with van der Waals surface area (Å²) in [6.45, 7) is 3.78. The first-order chi connectivity index (χ1) is 9.11. The number of hydrogen-bond acceptors (Lipinski definition) is 3. The van der Waals surface area contributed by atoms with E-state index in [0.717, 1.165) is 58.0 Å². The fourth-order valence-electron chi connectivity index (χ4n) is 3.83. The Morgan fingerprint density at radius 2 is 2.05 bits per heavy atom. The lowest BCUT2D eigenvalue weighted by atomic mass is 9.82. The third-order valence-corrected chi connectivity index (χ3v) is 5.06. The van der Waals surface area contributed by atoms with Crippen molar-refractivity contribution < 1.29 is 14.6 Å². The fraction of sp³-hybridized carbons (Fsp3) is 0.933. The lowest BCUT2D eigenvalue weighted by Crippen LogP contribution is -2.41. The molecular weight excluding hydrogens is 242 g/mol. The number of aliphatic carboxylic acids is 1. The van der Waals surface area contributed by atoms with Crippen LogP contribution >= 0.6 is 0 Å². The molecule has 2 fully saturated rings. The molecule has 0 aromatic carbocycles. The Hall–Kier alpha value is -0.610. The summed E-state index contributed by atoms with van der Waals surface area (Å²) in [5, 5.41) is 9.54. The molecule has 1 aliphatic carbocycles. The first-order valence-corrected chi connectivity index (χ1v) is 7.61. The molecule has 0 aromatic rings. The SMILES string of the molecule is CCCC1(C(=O)O)CCN(C2CCC(OC)CC2)C1. The zero-order valence-corrected chi connectivity index (χ0v) is 12.2. The average Bonchev–Trinajstić information content (AvgIpc) is 2.85. The van der Waals surface area contributed by atoms with Crippen molar-refractivity contribution in [3.63, 3.8) is 0 Å². The molecule has 0 amide bonds. The maximum atomic E-state index is 11.6. The van der Waals surface area contributed by atoms with E-state index >= 15 is 0 Å². The van der Waals surface area contributed by atoms with Crippen LogP contribution in [0.1, 0.15) is 51.9 Å². The fourth-order valence-corrected chi connectivity index (χ4v) is 3.83. The summed E-state index contributed by atoms with van der Waals surface area (Å²) in [5.41, 5.74) is -0.479. The van der Waals surface area contributed by atoms with Crippen molar-refractivity contribution in [3.8, 4) is 0 Å². The van der Waals surface area contributed by atoms with Crippen LogP contribution in [0.25, 0.3) is 0 Å². The number of likely N-dealkylation sites (tertiary alicyclic amines) is 1. The van der Waals surface area contributed by atoms with Gasteiger partial charge in [0.15, 0.2) is 0 Å². The van der Waals surface area contributed by atoms with Crippen LogP contribution in [-0.4, -0.2) is 48.3 Å². The Kier molecular flexibility index (Phi) is 4.85. The van der Waals surface area contributed by atoms with Crippen molar-refractivity contribution in [1.82, 2.24) is 4.90 Å².